The van der Waals surface area contributed by atoms with E-state index >= 15 is 0 Å². The number of hydrogen-bond donors (Lipinski definition) is 3. The minimum atomic E-state index is 0.0497. The van der Waals surface area contributed by atoms with Crippen molar-refractivity contribution >= 4 is 17.9 Å². The van der Waals surface area contributed by atoms with Crippen molar-refractivity contribution in [3.05, 3.63) is 0 Å². The van der Waals surface area contributed by atoms with Crippen LogP contribution in [0.25, 0.3) is 0 Å². The van der Waals surface area contributed by atoms with Gasteiger partial charge in [0.1, 0.15) is 0 Å². The van der Waals surface area contributed by atoms with Crippen LogP contribution in [0, 0.1) is 11.8 Å². The normalized spacial score (nSPS) is 26.4. The molecule has 4 aliphatic carbocycles. The highest BCUT2D eigenvalue weighted by atomic mass is 16.5. The summed E-state index contributed by atoms with van der Waals surface area (Å²) in [4.78, 5) is 22.4. The maximum atomic E-state index is 5.51. The maximum Gasteiger partial charge on any atom is 0.194 e. The molecule has 3 heterocycles. The van der Waals surface area contributed by atoms with Crippen molar-refractivity contribution in [2.24, 2.45) is 26.8 Å². The van der Waals surface area contributed by atoms with Crippen molar-refractivity contribution in [3.8, 4) is 0 Å². The highest BCUT2D eigenvalue weighted by molar-refractivity contribution is 5.81. The Bertz CT molecular complexity index is 1230. The maximum absolute atomic E-state index is 5.51. The monoisotopic (exact) mass is 840 g/mol. The standard InChI is InChI=1S/C19H35N3.C17H31N3O.C13H27N3O/c1-16-10-6-7-13-18(16)21-19(22-14-8-3-9-15-22)20-17-11-4-2-5-12-17;1-3-7-15(8-4-1)18-17(20-11-13-21-14-12-20)19-16-9-5-2-6-10-16;1-11(2)10-14-12(15-13(3,4)5)16-6-8-17-9-7-16/h16-18H,2-15H2,1H3,(H,20,21);15-16H,1-14H2,(H,18,19);11H,6-10H2,1-5H3,(H,14,15). The summed E-state index contributed by atoms with van der Waals surface area (Å²) in [6, 6.07) is 2.42. The third-order valence-corrected chi connectivity index (χ3v) is 13.5. The second-order valence-electron chi connectivity index (χ2n) is 20.7. The Morgan fingerprint density at radius 3 is 1.47 bits per heavy atom. The van der Waals surface area contributed by atoms with Crippen molar-refractivity contribution in [1.82, 2.24) is 30.7 Å². The van der Waals surface area contributed by atoms with Crippen molar-refractivity contribution in [3.63, 3.8) is 0 Å². The Kier molecular flexibility index (Phi) is 22.0. The first-order valence-electron chi connectivity index (χ1n) is 25.5. The molecule has 0 spiro atoms. The van der Waals surface area contributed by atoms with Crippen molar-refractivity contribution in [1.29, 1.82) is 0 Å². The van der Waals surface area contributed by atoms with Crippen LogP contribution in [-0.4, -0.2) is 135 Å². The Balaban J connectivity index is 0.000000172. The average molecular weight is 840 g/mol. The van der Waals surface area contributed by atoms with Crippen molar-refractivity contribution in [2.45, 2.75) is 213 Å². The van der Waals surface area contributed by atoms with Gasteiger partial charge in [0.05, 0.1) is 38.5 Å². The number of morpholine rings is 2. The molecule has 11 nitrogen and oxygen atoms in total. The number of aliphatic imine (C=N–C) groups is 3. The SMILES string of the molecule is C1CCC(N=C(NC2CCCCC2)N2CCOCC2)CC1.CC(C)CN=C(NC(C)(C)C)N1CCOCC1.CC1CCCCC1N=C(NC1CCCCC1)N1CCCCC1. The smallest absolute Gasteiger partial charge is 0.194 e. The van der Waals surface area contributed by atoms with Gasteiger partial charge in [0, 0.05) is 63.4 Å². The van der Waals surface area contributed by atoms with Crippen LogP contribution in [0.5, 0.6) is 0 Å². The molecule has 7 rings (SSSR count). The first-order valence-corrected chi connectivity index (χ1v) is 25.5. The van der Waals surface area contributed by atoms with Gasteiger partial charge >= 0.3 is 0 Å². The van der Waals surface area contributed by atoms with Crippen LogP contribution in [0.3, 0.4) is 0 Å². The summed E-state index contributed by atoms with van der Waals surface area (Å²) in [5, 5.41) is 11.2. The van der Waals surface area contributed by atoms with E-state index in [-0.39, 0.29) is 5.54 Å². The molecule has 3 saturated heterocycles. The number of likely N-dealkylation sites (tertiary alicyclic amines) is 1. The van der Waals surface area contributed by atoms with Crippen molar-refractivity contribution in [2.75, 3.05) is 72.2 Å². The molecule has 0 aromatic heterocycles. The topological polar surface area (TPSA) is 101 Å². The minimum absolute atomic E-state index is 0.0497. The zero-order chi connectivity index (χ0) is 42.4. The van der Waals surface area contributed by atoms with Crippen LogP contribution in [-0.2, 0) is 9.47 Å². The van der Waals surface area contributed by atoms with Gasteiger partial charge in [-0.15, -0.1) is 0 Å². The lowest BCUT2D eigenvalue weighted by Gasteiger charge is -2.35. The third kappa shape index (κ3) is 18.6. The van der Waals surface area contributed by atoms with E-state index in [1.807, 2.05) is 0 Å². The predicted molar refractivity (Wildman–Crippen MR) is 253 cm³/mol. The van der Waals surface area contributed by atoms with Gasteiger partial charge in [-0.1, -0.05) is 91.4 Å². The highest BCUT2D eigenvalue weighted by Gasteiger charge is 2.26. The number of piperidine rings is 1. The van der Waals surface area contributed by atoms with Gasteiger partial charge in [0.2, 0.25) is 0 Å². The molecule has 0 amide bonds. The molecule has 0 bridgehead atoms. The second-order valence-corrected chi connectivity index (χ2v) is 20.7. The lowest BCUT2D eigenvalue weighted by Crippen LogP contribution is -2.53. The first-order chi connectivity index (χ1) is 29.1. The largest absolute Gasteiger partial charge is 0.378 e. The van der Waals surface area contributed by atoms with Gasteiger partial charge in [-0.05, 0) is 103 Å². The summed E-state index contributed by atoms with van der Waals surface area (Å²) in [6.45, 7) is 23.7. The molecule has 60 heavy (non-hydrogen) atoms. The van der Waals surface area contributed by atoms with E-state index in [1.54, 1.807) is 0 Å². The first kappa shape index (κ1) is 48.8. The fraction of sp³-hybridized carbons (Fsp3) is 0.939. The number of nitrogens with zero attached hydrogens (tertiary/aromatic N) is 6. The molecule has 2 atom stereocenters. The summed E-state index contributed by atoms with van der Waals surface area (Å²) >= 11 is 0. The van der Waals surface area contributed by atoms with E-state index in [9.17, 15) is 0 Å². The Morgan fingerprint density at radius 2 is 0.967 bits per heavy atom. The number of rotatable bonds is 6. The average Bonchev–Trinajstić information content (AvgIpc) is 3.27. The number of ether oxygens (including phenoxy) is 2. The van der Waals surface area contributed by atoms with E-state index in [0.717, 1.165) is 71.0 Å². The van der Waals surface area contributed by atoms with E-state index in [4.69, 9.17) is 24.5 Å². The summed E-state index contributed by atoms with van der Waals surface area (Å²) in [5.41, 5.74) is 0.0497. The fourth-order valence-corrected chi connectivity index (χ4v) is 9.79. The molecule has 0 aromatic rings. The van der Waals surface area contributed by atoms with Gasteiger partial charge in [-0.3, -0.25) is 4.99 Å². The molecule has 7 fully saturated rings. The van der Waals surface area contributed by atoms with E-state index in [1.165, 1.54) is 166 Å². The molecule has 7 aliphatic rings. The van der Waals surface area contributed by atoms with E-state index in [2.05, 4.69) is 72.2 Å². The van der Waals surface area contributed by atoms with Gasteiger partial charge in [-0.25, -0.2) is 9.98 Å². The van der Waals surface area contributed by atoms with Crippen LogP contribution < -0.4 is 16.0 Å². The van der Waals surface area contributed by atoms with E-state index < -0.39 is 0 Å². The Morgan fingerprint density at radius 1 is 0.533 bits per heavy atom. The van der Waals surface area contributed by atoms with Crippen LogP contribution in [0.1, 0.15) is 183 Å². The van der Waals surface area contributed by atoms with E-state index in [0.29, 0.717) is 30.1 Å². The Labute approximate surface area is 368 Å². The molecule has 3 aliphatic heterocycles. The van der Waals surface area contributed by atoms with Crippen molar-refractivity contribution < 1.29 is 9.47 Å². The lowest BCUT2D eigenvalue weighted by atomic mass is 9.86. The zero-order valence-corrected chi connectivity index (χ0v) is 39.8. The highest BCUT2D eigenvalue weighted by Crippen LogP contribution is 2.28. The van der Waals surface area contributed by atoms with Crippen LogP contribution >= 0.6 is 0 Å². The van der Waals surface area contributed by atoms with Gasteiger partial charge < -0.3 is 40.1 Å². The zero-order valence-electron chi connectivity index (χ0n) is 39.8. The van der Waals surface area contributed by atoms with Gasteiger partial charge in [0.15, 0.2) is 17.9 Å². The number of guanidine groups is 3. The molecular weight excluding hydrogens is 747 g/mol. The second kappa shape index (κ2) is 27.0. The van der Waals surface area contributed by atoms with Gasteiger partial charge in [0.25, 0.3) is 0 Å². The molecule has 2 unspecified atom stereocenters. The molecule has 3 N–H and O–H groups in total. The van der Waals surface area contributed by atoms with Gasteiger partial charge in [-0.2, -0.15) is 0 Å². The predicted octanol–water partition coefficient (Wildman–Crippen LogP) is 8.98. The lowest BCUT2D eigenvalue weighted by molar-refractivity contribution is 0.0656. The van der Waals surface area contributed by atoms with Crippen LogP contribution in [0.15, 0.2) is 15.0 Å². The summed E-state index contributed by atoms with van der Waals surface area (Å²) < 4.78 is 10.9. The fourth-order valence-electron chi connectivity index (χ4n) is 9.79. The molecule has 4 saturated carbocycles. The molecule has 0 radical (unpaired) electrons. The van der Waals surface area contributed by atoms with Crippen LogP contribution in [0.2, 0.25) is 0 Å². The number of nitrogens with one attached hydrogen (secondary N) is 3. The number of hydrogen-bond acceptors (Lipinski definition) is 5. The molecular formula is C49H93N9O2. The third-order valence-electron chi connectivity index (χ3n) is 13.5. The summed E-state index contributed by atoms with van der Waals surface area (Å²) in [5.74, 6) is 4.81. The quantitative estimate of drug-likeness (QED) is 0.180. The van der Waals surface area contributed by atoms with Crippen LogP contribution in [0.4, 0.5) is 0 Å². The summed E-state index contributed by atoms with van der Waals surface area (Å²) in [7, 11) is 0. The molecule has 346 valence electrons. The summed E-state index contributed by atoms with van der Waals surface area (Å²) in [6.07, 6.45) is 29.8. The Hall–Kier alpha value is -2.27. The minimum Gasteiger partial charge on any atom is -0.378 e. The molecule has 11 heteroatoms. The molecule has 0 aromatic carbocycles.